The predicted molar refractivity (Wildman–Crippen MR) is 74.9 cm³/mol. The minimum absolute atomic E-state index is 0.0669. The summed E-state index contributed by atoms with van der Waals surface area (Å²) >= 11 is 0. The van der Waals surface area contributed by atoms with Crippen molar-refractivity contribution in [2.24, 2.45) is 5.73 Å². The molecular formula is C13H18N4O5. The molecule has 4 N–H and O–H groups in total. The summed E-state index contributed by atoms with van der Waals surface area (Å²) in [6, 6.07) is -1.73. The number of carbonyl (C=O) groups is 5. The third kappa shape index (κ3) is 4.69. The van der Waals surface area contributed by atoms with Crippen LogP contribution in [0.4, 0.5) is 0 Å². The van der Waals surface area contributed by atoms with Crippen LogP contribution in [0, 0.1) is 0 Å². The fourth-order valence-electron chi connectivity index (χ4n) is 1.65. The van der Waals surface area contributed by atoms with Gasteiger partial charge in [-0.3, -0.25) is 28.9 Å². The van der Waals surface area contributed by atoms with Crippen LogP contribution in [0.3, 0.4) is 0 Å². The van der Waals surface area contributed by atoms with Crippen molar-refractivity contribution >= 4 is 29.5 Å². The van der Waals surface area contributed by atoms with Gasteiger partial charge >= 0.3 is 0 Å². The number of carbonyl (C=O) groups excluding carboxylic acids is 5. The number of primary amides is 1. The van der Waals surface area contributed by atoms with Gasteiger partial charge in [0.25, 0.3) is 11.8 Å². The lowest BCUT2D eigenvalue weighted by molar-refractivity contribution is -0.137. The molecule has 0 aromatic rings. The number of nitrogens with one attached hydrogen (secondary N) is 2. The summed E-state index contributed by atoms with van der Waals surface area (Å²) in [6.45, 7) is 2.80. The SMILES string of the molecule is CC(NC(=O)C(C)NC(=O)CCN1C(=O)C=CC1=O)C(N)=O. The largest absolute Gasteiger partial charge is 0.368 e. The molecule has 1 heterocycles. The second-order valence-electron chi connectivity index (χ2n) is 4.83. The molecule has 0 saturated carbocycles. The number of nitrogens with zero attached hydrogens (tertiary/aromatic N) is 1. The van der Waals surface area contributed by atoms with Gasteiger partial charge in [-0.25, -0.2) is 0 Å². The number of amides is 5. The molecule has 0 aromatic carbocycles. The van der Waals surface area contributed by atoms with E-state index >= 15 is 0 Å². The molecular weight excluding hydrogens is 292 g/mol. The molecule has 2 atom stereocenters. The highest BCUT2D eigenvalue weighted by Crippen LogP contribution is 2.04. The van der Waals surface area contributed by atoms with Crippen molar-refractivity contribution in [3.05, 3.63) is 12.2 Å². The molecule has 22 heavy (non-hydrogen) atoms. The maximum absolute atomic E-state index is 11.7. The zero-order chi connectivity index (χ0) is 16.9. The molecule has 0 aliphatic carbocycles. The van der Waals surface area contributed by atoms with Crippen LogP contribution in [-0.2, 0) is 24.0 Å². The Hall–Kier alpha value is -2.71. The van der Waals surface area contributed by atoms with Crippen molar-refractivity contribution in [2.45, 2.75) is 32.4 Å². The van der Waals surface area contributed by atoms with Crippen LogP contribution >= 0.6 is 0 Å². The molecule has 0 radical (unpaired) electrons. The lowest BCUT2D eigenvalue weighted by Crippen LogP contribution is -2.51. The molecule has 0 saturated heterocycles. The third-order valence-corrected chi connectivity index (χ3v) is 3.02. The van der Waals surface area contributed by atoms with Crippen LogP contribution in [0.25, 0.3) is 0 Å². The first-order valence-corrected chi connectivity index (χ1v) is 6.65. The molecule has 0 fully saturated rings. The quantitative estimate of drug-likeness (QED) is 0.458. The Morgan fingerprint density at radius 2 is 1.64 bits per heavy atom. The number of imide groups is 1. The summed E-state index contributed by atoms with van der Waals surface area (Å²) in [4.78, 5) is 57.7. The molecule has 120 valence electrons. The van der Waals surface area contributed by atoms with Gasteiger partial charge < -0.3 is 16.4 Å². The second kappa shape index (κ2) is 7.34. The van der Waals surface area contributed by atoms with E-state index in [0.717, 1.165) is 17.1 Å². The Balaban J connectivity index is 2.38. The van der Waals surface area contributed by atoms with E-state index in [4.69, 9.17) is 5.73 Å². The normalized spacial score (nSPS) is 16.4. The molecule has 9 heteroatoms. The van der Waals surface area contributed by atoms with E-state index in [1.165, 1.54) is 13.8 Å². The average Bonchev–Trinajstić information content (AvgIpc) is 2.75. The Kier molecular flexibility index (Phi) is 5.79. The van der Waals surface area contributed by atoms with Crippen molar-refractivity contribution in [3.63, 3.8) is 0 Å². The topological polar surface area (TPSA) is 139 Å². The van der Waals surface area contributed by atoms with Crippen LogP contribution in [0.2, 0.25) is 0 Å². The Bertz CT molecular complexity index is 525. The zero-order valence-corrected chi connectivity index (χ0v) is 12.3. The summed E-state index contributed by atoms with van der Waals surface area (Å²) in [7, 11) is 0. The monoisotopic (exact) mass is 310 g/mol. The lowest BCUT2D eigenvalue weighted by Gasteiger charge is -2.18. The summed E-state index contributed by atoms with van der Waals surface area (Å²) in [6.07, 6.45) is 2.13. The highest BCUT2D eigenvalue weighted by molar-refractivity contribution is 6.13. The molecule has 9 nitrogen and oxygen atoms in total. The maximum Gasteiger partial charge on any atom is 0.253 e. The van der Waals surface area contributed by atoms with Crippen molar-refractivity contribution in [3.8, 4) is 0 Å². The minimum Gasteiger partial charge on any atom is -0.368 e. The van der Waals surface area contributed by atoms with E-state index in [9.17, 15) is 24.0 Å². The van der Waals surface area contributed by atoms with Gasteiger partial charge in [0.1, 0.15) is 12.1 Å². The zero-order valence-electron chi connectivity index (χ0n) is 12.3. The van der Waals surface area contributed by atoms with Crippen LogP contribution in [-0.4, -0.2) is 53.1 Å². The van der Waals surface area contributed by atoms with Crippen molar-refractivity contribution < 1.29 is 24.0 Å². The van der Waals surface area contributed by atoms with E-state index in [1.807, 2.05) is 0 Å². The standard InChI is InChI=1S/C13H18N4O5/c1-7(12(14)21)16-13(22)8(2)15-9(18)5-6-17-10(19)3-4-11(17)20/h3-4,7-8H,5-6H2,1-2H3,(H2,14,21)(H,15,18)(H,16,22). The van der Waals surface area contributed by atoms with Gasteiger partial charge in [-0.05, 0) is 13.8 Å². The number of hydrogen-bond acceptors (Lipinski definition) is 5. The summed E-state index contributed by atoms with van der Waals surface area (Å²) in [5.74, 6) is -2.69. The smallest absolute Gasteiger partial charge is 0.253 e. The Morgan fingerprint density at radius 1 is 1.09 bits per heavy atom. The minimum atomic E-state index is -0.877. The van der Waals surface area contributed by atoms with Crippen LogP contribution in [0.15, 0.2) is 12.2 Å². The predicted octanol–water partition coefficient (Wildman–Crippen LogP) is -2.20. The van der Waals surface area contributed by atoms with E-state index in [2.05, 4.69) is 10.6 Å². The summed E-state index contributed by atoms with van der Waals surface area (Å²) in [5, 5.41) is 4.74. The van der Waals surface area contributed by atoms with E-state index in [1.54, 1.807) is 0 Å². The van der Waals surface area contributed by atoms with Crippen molar-refractivity contribution in [1.29, 1.82) is 0 Å². The molecule has 0 bridgehead atoms. The molecule has 2 unspecified atom stereocenters. The van der Waals surface area contributed by atoms with Gasteiger partial charge in [0.15, 0.2) is 0 Å². The van der Waals surface area contributed by atoms with Gasteiger partial charge in [-0.1, -0.05) is 0 Å². The third-order valence-electron chi connectivity index (χ3n) is 3.02. The Labute approximate surface area is 126 Å². The molecule has 1 rings (SSSR count). The van der Waals surface area contributed by atoms with Crippen LogP contribution < -0.4 is 16.4 Å². The molecule has 1 aliphatic heterocycles. The number of hydrogen-bond donors (Lipinski definition) is 3. The van der Waals surface area contributed by atoms with Crippen LogP contribution in [0.1, 0.15) is 20.3 Å². The lowest BCUT2D eigenvalue weighted by atomic mass is 10.2. The molecule has 0 aromatic heterocycles. The average molecular weight is 310 g/mol. The first kappa shape index (κ1) is 17.3. The summed E-state index contributed by atoms with van der Waals surface area (Å²) < 4.78 is 0. The summed E-state index contributed by atoms with van der Waals surface area (Å²) in [5.41, 5.74) is 5.01. The van der Waals surface area contributed by atoms with E-state index in [0.29, 0.717) is 0 Å². The van der Waals surface area contributed by atoms with Gasteiger partial charge in [-0.15, -0.1) is 0 Å². The highest BCUT2D eigenvalue weighted by atomic mass is 16.2. The molecule has 5 amide bonds. The maximum atomic E-state index is 11.7. The number of nitrogens with two attached hydrogens (primary N) is 1. The first-order chi connectivity index (χ1) is 10.2. The van der Waals surface area contributed by atoms with Gasteiger partial charge in [0.2, 0.25) is 17.7 Å². The van der Waals surface area contributed by atoms with E-state index < -0.39 is 41.6 Å². The van der Waals surface area contributed by atoms with Gasteiger partial charge in [0.05, 0.1) is 0 Å². The van der Waals surface area contributed by atoms with Gasteiger partial charge in [-0.2, -0.15) is 0 Å². The number of rotatable bonds is 7. The first-order valence-electron chi connectivity index (χ1n) is 6.65. The van der Waals surface area contributed by atoms with Crippen molar-refractivity contribution in [2.75, 3.05) is 6.54 Å². The van der Waals surface area contributed by atoms with Gasteiger partial charge in [0, 0.05) is 25.1 Å². The fraction of sp³-hybridized carbons (Fsp3) is 0.462. The Morgan fingerprint density at radius 3 is 2.14 bits per heavy atom. The molecule has 1 aliphatic rings. The molecule has 0 spiro atoms. The fourth-order valence-corrected chi connectivity index (χ4v) is 1.65. The van der Waals surface area contributed by atoms with E-state index in [-0.39, 0.29) is 13.0 Å². The van der Waals surface area contributed by atoms with Crippen molar-refractivity contribution in [1.82, 2.24) is 15.5 Å². The highest BCUT2D eigenvalue weighted by Gasteiger charge is 2.24. The van der Waals surface area contributed by atoms with Crippen LogP contribution in [0.5, 0.6) is 0 Å². The second-order valence-corrected chi connectivity index (χ2v) is 4.83.